The number of nitrogens with two attached hydrogens (primary N) is 1. The van der Waals surface area contributed by atoms with Crippen LogP contribution in [0.25, 0.3) is 0 Å². The van der Waals surface area contributed by atoms with Crippen molar-refractivity contribution in [3.63, 3.8) is 0 Å². The normalized spacial score (nSPS) is 10.9. The second-order valence-electron chi connectivity index (χ2n) is 4.26. The molecule has 0 bridgehead atoms. The van der Waals surface area contributed by atoms with Gasteiger partial charge in [-0.3, -0.25) is 0 Å². The number of thioether (sulfide) groups is 1. The first-order valence-electron chi connectivity index (χ1n) is 5.58. The molecule has 0 radical (unpaired) electrons. The van der Waals surface area contributed by atoms with Gasteiger partial charge in [-0.25, -0.2) is 0 Å². The van der Waals surface area contributed by atoms with Crippen molar-refractivity contribution in [2.45, 2.75) is 32.6 Å². The van der Waals surface area contributed by atoms with Crippen molar-refractivity contribution in [3.05, 3.63) is 35.4 Å². The first-order valence-corrected chi connectivity index (χ1v) is 6.73. The molecule has 2 heteroatoms. The third-order valence-corrected chi connectivity index (χ3v) is 3.43. The second kappa shape index (κ2) is 6.91. The molecular formula is C13H21NS. The molecule has 1 rings (SSSR count). The summed E-state index contributed by atoms with van der Waals surface area (Å²) in [6, 6.07) is 8.62. The van der Waals surface area contributed by atoms with E-state index < -0.39 is 0 Å². The summed E-state index contributed by atoms with van der Waals surface area (Å²) in [6.07, 6.45) is 1.31. The summed E-state index contributed by atoms with van der Waals surface area (Å²) in [4.78, 5) is 0. The summed E-state index contributed by atoms with van der Waals surface area (Å²) in [5.41, 5.74) is 8.17. The standard InChI is InChI=1S/C13H21NS/c1-11(2)7-8-15-10-13-5-3-12(9-14)4-6-13/h3-6,11H,7-10,14H2,1-2H3. The maximum atomic E-state index is 5.55. The molecule has 0 saturated carbocycles. The van der Waals surface area contributed by atoms with Crippen molar-refractivity contribution in [2.24, 2.45) is 11.7 Å². The van der Waals surface area contributed by atoms with Gasteiger partial charge in [0.2, 0.25) is 0 Å². The van der Waals surface area contributed by atoms with E-state index in [-0.39, 0.29) is 0 Å². The molecule has 0 spiro atoms. The molecule has 1 aromatic rings. The van der Waals surface area contributed by atoms with Crippen LogP contribution in [0.2, 0.25) is 0 Å². The van der Waals surface area contributed by atoms with Crippen molar-refractivity contribution in [2.75, 3.05) is 5.75 Å². The van der Waals surface area contributed by atoms with E-state index in [1.165, 1.54) is 23.3 Å². The Kier molecular flexibility index (Phi) is 5.81. The maximum absolute atomic E-state index is 5.55. The van der Waals surface area contributed by atoms with Crippen LogP contribution in [0.3, 0.4) is 0 Å². The zero-order valence-corrected chi connectivity index (χ0v) is 10.5. The predicted molar refractivity (Wildman–Crippen MR) is 70.0 cm³/mol. The van der Waals surface area contributed by atoms with Crippen molar-refractivity contribution in [3.8, 4) is 0 Å². The molecule has 84 valence electrons. The summed E-state index contributed by atoms with van der Waals surface area (Å²) < 4.78 is 0. The lowest BCUT2D eigenvalue weighted by Gasteiger charge is -2.05. The summed E-state index contributed by atoms with van der Waals surface area (Å²) in [6.45, 7) is 5.19. The van der Waals surface area contributed by atoms with Crippen LogP contribution in [-0.4, -0.2) is 5.75 Å². The maximum Gasteiger partial charge on any atom is 0.0184 e. The largest absolute Gasteiger partial charge is 0.326 e. The number of rotatable bonds is 6. The lowest BCUT2D eigenvalue weighted by atomic mass is 10.1. The third kappa shape index (κ3) is 5.24. The molecule has 0 aromatic heterocycles. The molecule has 2 N–H and O–H groups in total. The van der Waals surface area contributed by atoms with Crippen molar-refractivity contribution in [1.29, 1.82) is 0 Å². The van der Waals surface area contributed by atoms with Gasteiger partial charge in [0.15, 0.2) is 0 Å². The fourth-order valence-corrected chi connectivity index (χ4v) is 2.49. The number of hydrogen-bond acceptors (Lipinski definition) is 2. The molecule has 0 aliphatic carbocycles. The SMILES string of the molecule is CC(C)CCSCc1ccc(CN)cc1. The summed E-state index contributed by atoms with van der Waals surface area (Å²) >= 11 is 2.02. The fourth-order valence-electron chi connectivity index (χ4n) is 1.28. The second-order valence-corrected chi connectivity index (χ2v) is 5.36. The van der Waals surface area contributed by atoms with E-state index in [0.717, 1.165) is 11.7 Å². The molecule has 15 heavy (non-hydrogen) atoms. The Labute approximate surface area is 97.4 Å². The fraction of sp³-hybridized carbons (Fsp3) is 0.538. The number of hydrogen-bond donors (Lipinski definition) is 1. The molecule has 0 saturated heterocycles. The van der Waals surface area contributed by atoms with Crippen LogP contribution in [0.5, 0.6) is 0 Å². The van der Waals surface area contributed by atoms with Crippen LogP contribution >= 0.6 is 11.8 Å². The minimum atomic E-state index is 0.640. The molecule has 0 fully saturated rings. The van der Waals surface area contributed by atoms with E-state index >= 15 is 0 Å². The first kappa shape index (κ1) is 12.6. The van der Waals surface area contributed by atoms with Gasteiger partial charge in [0.25, 0.3) is 0 Å². The molecule has 0 atom stereocenters. The van der Waals surface area contributed by atoms with Gasteiger partial charge in [-0.1, -0.05) is 38.1 Å². The van der Waals surface area contributed by atoms with Gasteiger partial charge in [0.1, 0.15) is 0 Å². The van der Waals surface area contributed by atoms with Gasteiger partial charge < -0.3 is 5.73 Å². The van der Waals surface area contributed by atoms with Gasteiger partial charge in [-0.2, -0.15) is 11.8 Å². The summed E-state index contributed by atoms with van der Waals surface area (Å²) in [7, 11) is 0. The van der Waals surface area contributed by atoms with E-state index in [9.17, 15) is 0 Å². The molecule has 0 amide bonds. The molecule has 0 heterocycles. The highest BCUT2D eigenvalue weighted by Crippen LogP contribution is 2.15. The lowest BCUT2D eigenvalue weighted by molar-refractivity contribution is 0.632. The molecule has 0 unspecified atom stereocenters. The zero-order valence-electron chi connectivity index (χ0n) is 9.70. The van der Waals surface area contributed by atoms with Crippen LogP contribution in [0, 0.1) is 5.92 Å². The van der Waals surface area contributed by atoms with Crippen molar-refractivity contribution >= 4 is 11.8 Å². The average Bonchev–Trinajstić information content (AvgIpc) is 2.25. The van der Waals surface area contributed by atoms with Crippen molar-refractivity contribution in [1.82, 2.24) is 0 Å². The van der Waals surface area contributed by atoms with E-state index in [2.05, 4.69) is 38.1 Å². The number of benzene rings is 1. The Morgan fingerprint density at radius 3 is 2.27 bits per heavy atom. The Morgan fingerprint density at radius 1 is 1.13 bits per heavy atom. The molecule has 0 aliphatic rings. The van der Waals surface area contributed by atoms with E-state index in [4.69, 9.17) is 5.73 Å². The molecular weight excluding hydrogens is 202 g/mol. The minimum Gasteiger partial charge on any atom is -0.326 e. The average molecular weight is 223 g/mol. The Bertz CT molecular complexity index is 266. The Morgan fingerprint density at radius 2 is 1.73 bits per heavy atom. The smallest absolute Gasteiger partial charge is 0.0184 e. The van der Waals surface area contributed by atoms with Crippen LogP contribution in [-0.2, 0) is 12.3 Å². The lowest BCUT2D eigenvalue weighted by Crippen LogP contribution is -1.96. The quantitative estimate of drug-likeness (QED) is 0.748. The van der Waals surface area contributed by atoms with Crippen LogP contribution in [0.15, 0.2) is 24.3 Å². The van der Waals surface area contributed by atoms with Gasteiger partial charge in [0, 0.05) is 12.3 Å². The molecule has 1 nitrogen and oxygen atoms in total. The summed E-state index contributed by atoms with van der Waals surface area (Å²) in [5.74, 6) is 3.20. The Balaban J connectivity index is 2.25. The van der Waals surface area contributed by atoms with Crippen molar-refractivity contribution < 1.29 is 0 Å². The van der Waals surface area contributed by atoms with Crippen LogP contribution < -0.4 is 5.73 Å². The Hall–Kier alpha value is -0.470. The molecule has 0 aliphatic heterocycles. The van der Waals surface area contributed by atoms with Crippen LogP contribution in [0.4, 0.5) is 0 Å². The van der Waals surface area contributed by atoms with Gasteiger partial charge in [0.05, 0.1) is 0 Å². The monoisotopic (exact) mass is 223 g/mol. The molecule has 1 aromatic carbocycles. The highest BCUT2D eigenvalue weighted by atomic mass is 32.2. The van der Waals surface area contributed by atoms with Gasteiger partial charge in [-0.05, 0) is 29.2 Å². The van der Waals surface area contributed by atoms with Gasteiger partial charge >= 0.3 is 0 Å². The van der Waals surface area contributed by atoms with Crippen LogP contribution in [0.1, 0.15) is 31.4 Å². The van der Waals surface area contributed by atoms with E-state index in [0.29, 0.717) is 6.54 Å². The minimum absolute atomic E-state index is 0.640. The van der Waals surface area contributed by atoms with E-state index in [1.54, 1.807) is 0 Å². The highest BCUT2D eigenvalue weighted by Gasteiger charge is 1.96. The zero-order chi connectivity index (χ0) is 11.1. The summed E-state index contributed by atoms with van der Waals surface area (Å²) in [5, 5.41) is 0. The topological polar surface area (TPSA) is 26.0 Å². The predicted octanol–water partition coefficient (Wildman–Crippen LogP) is 3.42. The first-order chi connectivity index (χ1) is 7.22. The van der Waals surface area contributed by atoms with Gasteiger partial charge in [-0.15, -0.1) is 0 Å². The van der Waals surface area contributed by atoms with E-state index in [1.807, 2.05) is 11.8 Å². The third-order valence-electron chi connectivity index (χ3n) is 2.37. The highest BCUT2D eigenvalue weighted by molar-refractivity contribution is 7.98.